The molecule has 1 aliphatic rings. The van der Waals surface area contributed by atoms with E-state index in [0.717, 1.165) is 6.26 Å². The molecule has 0 aromatic heterocycles. The first-order valence-electron chi connectivity index (χ1n) is 4.19. The number of benzene rings is 1. The second-order valence-corrected chi connectivity index (χ2v) is 2.90. The number of rotatable bonds is 1. The van der Waals surface area contributed by atoms with Gasteiger partial charge < -0.3 is 15.2 Å². The molecule has 0 bridgehead atoms. The number of carbonyl (C=O) groups is 2. The summed E-state index contributed by atoms with van der Waals surface area (Å²) < 4.78 is 5.07. The Morgan fingerprint density at radius 1 is 1.33 bits per heavy atom. The summed E-state index contributed by atoms with van der Waals surface area (Å²) in [5.41, 5.74) is 0.0289. The molecular formula is C10H7NO4. The molecule has 0 saturated carbocycles. The van der Waals surface area contributed by atoms with Crippen molar-refractivity contribution in [1.29, 1.82) is 0 Å². The van der Waals surface area contributed by atoms with Gasteiger partial charge in [-0.1, -0.05) is 12.1 Å². The van der Waals surface area contributed by atoms with Crippen LogP contribution in [-0.4, -0.2) is 17.0 Å². The number of ether oxygens (including phenoxy) is 1. The Hall–Kier alpha value is -2.30. The van der Waals surface area contributed by atoms with Crippen molar-refractivity contribution in [2.75, 3.05) is 0 Å². The fourth-order valence-electron chi connectivity index (χ4n) is 1.20. The summed E-state index contributed by atoms with van der Waals surface area (Å²) >= 11 is 0. The lowest BCUT2D eigenvalue weighted by Gasteiger charge is -2.02. The van der Waals surface area contributed by atoms with Crippen molar-refractivity contribution in [3.8, 4) is 5.75 Å². The number of aliphatic carboxylic acids is 1. The third kappa shape index (κ3) is 1.67. The fourth-order valence-corrected chi connectivity index (χ4v) is 1.20. The minimum Gasteiger partial charge on any atom is -0.476 e. The van der Waals surface area contributed by atoms with Crippen LogP contribution in [0.4, 0.5) is 0 Å². The Balaban J connectivity index is 2.42. The monoisotopic (exact) mass is 205 g/mol. The number of nitrogens with one attached hydrogen (secondary N) is 1. The lowest BCUT2D eigenvalue weighted by molar-refractivity contribution is -0.133. The van der Waals surface area contributed by atoms with Gasteiger partial charge in [0, 0.05) is 0 Å². The van der Waals surface area contributed by atoms with Gasteiger partial charge in [0.2, 0.25) is 0 Å². The Kier molecular flexibility index (Phi) is 2.13. The molecule has 1 aromatic rings. The maximum absolute atomic E-state index is 11.5. The highest BCUT2D eigenvalue weighted by Gasteiger charge is 2.20. The van der Waals surface area contributed by atoms with Crippen LogP contribution in [0.1, 0.15) is 10.4 Å². The van der Waals surface area contributed by atoms with Crippen molar-refractivity contribution in [3.63, 3.8) is 0 Å². The van der Waals surface area contributed by atoms with Gasteiger partial charge in [0.25, 0.3) is 5.91 Å². The molecule has 2 N–H and O–H groups in total. The lowest BCUT2D eigenvalue weighted by Crippen LogP contribution is -2.26. The molecular weight excluding hydrogens is 198 g/mol. The second-order valence-electron chi connectivity index (χ2n) is 2.90. The molecule has 0 saturated heterocycles. The standard InChI is InChI=1S/C10H7NO4/c12-9-6-3-1-2-4-8(6)15-5-7(11-9)10(13)14/h1-5H,(H,11,12)(H,13,14). The molecule has 1 aliphatic heterocycles. The van der Waals surface area contributed by atoms with E-state index >= 15 is 0 Å². The van der Waals surface area contributed by atoms with E-state index in [4.69, 9.17) is 9.84 Å². The van der Waals surface area contributed by atoms with Gasteiger partial charge in [-0.15, -0.1) is 0 Å². The van der Waals surface area contributed by atoms with Gasteiger partial charge in [-0.05, 0) is 12.1 Å². The summed E-state index contributed by atoms with van der Waals surface area (Å²) in [6, 6.07) is 6.53. The van der Waals surface area contributed by atoms with Crippen LogP contribution in [0.3, 0.4) is 0 Å². The van der Waals surface area contributed by atoms with Crippen LogP contribution in [0.15, 0.2) is 36.2 Å². The van der Waals surface area contributed by atoms with E-state index in [9.17, 15) is 9.59 Å². The summed E-state index contributed by atoms with van der Waals surface area (Å²) in [6.45, 7) is 0. The van der Waals surface area contributed by atoms with Crippen molar-refractivity contribution in [3.05, 3.63) is 41.8 Å². The highest BCUT2D eigenvalue weighted by molar-refractivity contribution is 6.02. The summed E-state index contributed by atoms with van der Waals surface area (Å²) in [7, 11) is 0. The van der Waals surface area contributed by atoms with Gasteiger partial charge in [-0.25, -0.2) is 4.79 Å². The number of para-hydroxylation sites is 1. The van der Waals surface area contributed by atoms with Crippen LogP contribution < -0.4 is 10.1 Å². The SMILES string of the molecule is O=C(O)C1=COc2ccccc2C(=O)N1. The van der Waals surface area contributed by atoms with Crippen molar-refractivity contribution in [2.24, 2.45) is 0 Å². The van der Waals surface area contributed by atoms with Crippen LogP contribution in [0.5, 0.6) is 5.75 Å². The molecule has 1 heterocycles. The van der Waals surface area contributed by atoms with Gasteiger partial charge >= 0.3 is 5.97 Å². The maximum Gasteiger partial charge on any atom is 0.355 e. The molecule has 1 amide bonds. The molecule has 0 atom stereocenters. The van der Waals surface area contributed by atoms with Gasteiger partial charge in [0.05, 0.1) is 5.56 Å². The lowest BCUT2D eigenvalue weighted by atomic mass is 10.2. The van der Waals surface area contributed by atoms with Crippen molar-refractivity contribution in [1.82, 2.24) is 5.32 Å². The number of carboxylic acid groups (broad SMARTS) is 1. The highest BCUT2D eigenvalue weighted by atomic mass is 16.5. The van der Waals surface area contributed by atoms with Gasteiger partial charge in [0.15, 0.2) is 5.70 Å². The Morgan fingerprint density at radius 3 is 2.80 bits per heavy atom. The van der Waals surface area contributed by atoms with E-state index in [1.807, 2.05) is 0 Å². The number of carboxylic acids is 1. The summed E-state index contributed by atoms with van der Waals surface area (Å²) in [4.78, 5) is 22.2. The first-order chi connectivity index (χ1) is 7.18. The number of carbonyl (C=O) groups excluding carboxylic acids is 1. The van der Waals surface area contributed by atoms with E-state index in [1.165, 1.54) is 0 Å². The fraction of sp³-hybridized carbons (Fsp3) is 0. The minimum atomic E-state index is -1.24. The third-order valence-electron chi connectivity index (χ3n) is 1.91. The molecule has 15 heavy (non-hydrogen) atoms. The average molecular weight is 205 g/mol. The smallest absolute Gasteiger partial charge is 0.355 e. The molecule has 0 spiro atoms. The predicted molar refractivity (Wildman–Crippen MR) is 50.3 cm³/mol. The molecule has 5 heteroatoms. The van der Waals surface area contributed by atoms with Crippen LogP contribution in [0, 0.1) is 0 Å². The van der Waals surface area contributed by atoms with Crippen LogP contribution >= 0.6 is 0 Å². The summed E-state index contributed by atoms with van der Waals surface area (Å²) in [6.07, 6.45) is 1.01. The topological polar surface area (TPSA) is 75.6 Å². The quantitative estimate of drug-likeness (QED) is 0.708. The Labute approximate surface area is 85.0 Å². The van der Waals surface area contributed by atoms with Crippen LogP contribution in [0.25, 0.3) is 0 Å². The zero-order valence-corrected chi connectivity index (χ0v) is 7.56. The molecule has 0 fully saturated rings. The number of amides is 1. The normalized spacial score (nSPS) is 14.1. The molecule has 2 rings (SSSR count). The van der Waals surface area contributed by atoms with Crippen molar-refractivity contribution in [2.45, 2.75) is 0 Å². The zero-order valence-electron chi connectivity index (χ0n) is 7.56. The maximum atomic E-state index is 11.5. The molecule has 76 valence electrons. The number of hydrogen-bond acceptors (Lipinski definition) is 3. The van der Waals surface area contributed by atoms with E-state index in [2.05, 4.69) is 5.32 Å². The minimum absolute atomic E-state index is 0.281. The van der Waals surface area contributed by atoms with E-state index in [-0.39, 0.29) is 5.70 Å². The first kappa shape index (κ1) is 9.26. The second kappa shape index (κ2) is 3.45. The third-order valence-corrected chi connectivity index (χ3v) is 1.91. The molecule has 0 aliphatic carbocycles. The van der Waals surface area contributed by atoms with E-state index in [1.54, 1.807) is 24.3 Å². The van der Waals surface area contributed by atoms with Gasteiger partial charge in [-0.3, -0.25) is 4.79 Å². The number of fused-ring (bicyclic) bond motifs is 1. The van der Waals surface area contributed by atoms with E-state index in [0.29, 0.717) is 11.3 Å². The largest absolute Gasteiger partial charge is 0.476 e. The van der Waals surface area contributed by atoms with Crippen LogP contribution in [-0.2, 0) is 4.79 Å². The summed E-state index contributed by atoms with van der Waals surface area (Å²) in [5, 5.41) is 10.9. The van der Waals surface area contributed by atoms with Crippen LogP contribution in [0.2, 0.25) is 0 Å². The zero-order chi connectivity index (χ0) is 10.8. The molecule has 0 radical (unpaired) electrons. The highest BCUT2D eigenvalue weighted by Crippen LogP contribution is 2.20. The van der Waals surface area contributed by atoms with Crippen molar-refractivity contribution >= 4 is 11.9 Å². The molecule has 5 nitrogen and oxygen atoms in total. The average Bonchev–Trinajstić information content (AvgIpc) is 2.39. The molecule has 0 unspecified atom stereocenters. The first-order valence-corrected chi connectivity index (χ1v) is 4.19. The Bertz CT molecular complexity index is 464. The van der Waals surface area contributed by atoms with Gasteiger partial charge in [0.1, 0.15) is 12.0 Å². The predicted octanol–water partition coefficient (Wildman–Crippen LogP) is 0.735. The number of hydrogen-bond donors (Lipinski definition) is 2. The van der Waals surface area contributed by atoms with Gasteiger partial charge in [-0.2, -0.15) is 0 Å². The molecule has 1 aromatic carbocycles. The Morgan fingerprint density at radius 2 is 2.07 bits per heavy atom. The van der Waals surface area contributed by atoms with E-state index < -0.39 is 11.9 Å². The summed E-state index contributed by atoms with van der Waals surface area (Å²) in [5.74, 6) is -1.39. The van der Waals surface area contributed by atoms with Crippen molar-refractivity contribution < 1.29 is 19.4 Å².